The van der Waals surface area contributed by atoms with E-state index in [1.807, 2.05) is 26.0 Å². The Bertz CT molecular complexity index is 2300. The monoisotopic (exact) mass is 978 g/mol. The molecule has 6 aliphatic rings. The molecule has 3 unspecified atom stereocenters. The fourth-order valence-electron chi connectivity index (χ4n) is 9.46. The lowest BCUT2D eigenvalue weighted by Crippen LogP contribution is -2.69. The number of benzene rings is 2. The smallest absolute Gasteiger partial charge is 0.214 e. The summed E-state index contributed by atoms with van der Waals surface area (Å²) in [5, 5.41) is 3.45. The molecule has 352 valence electrons. The summed E-state index contributed by atoms with van der Waals surface area (Å²) >= 11 is 14.9. The van der Waals surface area contributed by atoms with Crippen LogP contribution in [-0.2, 0) is 14.2 Å². The molecule has 2 spiro atoms. The second-order valence-corrected chi connectivity index (χ2v) is 20.1. The summed E-state index contributed by atoms with van der Waals surface area (Å²) in [6, 6.07) is 12.9. The summed E-state index contributed by atoms with van der Waals surface area (Å²) in [6.07, 6.45) is 5.82. The standard InChI is InChI=1S/C23H27ClF2N4O2S.C18H18ClF2N3OS.C5H11N/c1-14-10-16(20(24)21(26)22(14)33-28-19-5-3-4-18(25)27-19)30-12-23(13-30)17(7-9-32-23)29-8-6-15(11-29)31-2;1-11-8-12(24-9-18(10-24)6-3-7-25-18)15(19)16(21)17(11)26-23-14-5-2-4-13(20)22-14;1-5-2-3-6-4-5/h3-5,10,15,17H,6-9,11-13H2,1-2H3,(H,27,28);2,4-5,8H,3,6-7,9-10H2,1H3,(H,22,23);5-6H,2-4H2,1H3. The van der Waals surface area contributed by atoms with Gasteiger partial charge in [0.15, 0.2) is 11.6 Å². The zero-order chi connectivity index (χ0) is 45.9. The van der Waals surface area contributed by atoms with E-state index in [1.165, 1.54) is 37.7 Å². The number of nitrogens with one attached hydrogen (secondary N) is 3. The number of methoxy groups -OCH3 is 1. The largest absolute Gasteiger partial charge is 0.380 e. The molecule has 6 saturated heterocycles. The van der Waals surface area contributed by atoms with Gasteiger partial charge in [0, 0.05) is 52.5 Å². The van der Waals surface area contributed by atoms with Gasteiger partial charge in [0.2, 0.25) is 11.9 Å². The highest BCUT2D eigenvalue weighted by Crippen LogP contribution is 2.47. The average molecular weight is 980 g/mol. The Balaban J connectivity index is 0.000000160. The second kappa shape index (κ2) is 20.9. The zero-order valence-electron chi connectivity index (χ0n) is 37.0. The van der Waals surface area contributed by atoms with Crippen molar-refractivity contribution in [2.75, 3.05) is 91.9 Å². The van der Waals surface area contributed by atoms with E-state index in [0.29, 0.717) is 51.9 Å². The Kier molecular flexibility index (Phi) is 15.5. The van der Waals surface area contributed by atoms with Gasteiger partial charge >= 0.3 is 0 Å². The lowest BCUT2D eigenvalue weighted by Gasteiger charge is -2.53. The quantitative estimate of drug-likeness (QED) is 0.0800. The van der Waals surface area contributed by atoms with Crippen LogP contribution in [0.25, 0.3) is 0 Å². The number of rotatable bonds is 10. The maximum Gasteiger partial charge on any atom is 0.214 e. The Labute approximate surface area is 397 Å². The SMILES string of the molecule is CC1CCNC1.COC1CCN(C2CCOC23CN(c2cc(C)c(SNc4cccc(F)n4)c(F)c2Cl)C3)C1.Cc1cc(N2CC3(CCCO3)C2)c(Cl)c(F)c1SNc1cccc(F)n1. The van der Waals surface area contributed by atoms with Crippen LogP contribution in [0.15, 0.2) is 58.3 Å². The summed E-state index contributed by atoms with van der Waals surface area (Å²) in [6.45, 7) is 14.7. The lowest BCUT2D eigenvalue weighted by molar-refractivity contribution is -0.0574. The molecule has 0 bridgehead atoms. The third kappa shape index (κ3) is 10.9. The summed E-state index contributed by atoms with van der Waals surface area (Å²) in [7, 11) is 1.77. The molecule has 10 rings (SSSR count). The van der Waals surface area contributed by atoms with Crippen LogP contribution >= 0.6 is 47.1 Å². The molecular weight excluding hydrogens is 924 g/mol. The topological polar surface area (TPSA) is 99.3 Å². The molecule has 11 nitrogen and oxygen atoms in total. The first kappa shape index (κ1) is 48.2. The molecule has 19 heteroatoms. The number of ether oxygens (including phenoxy) is 3. The van der Waals surface area contributed by atoms with Crippen molar-refractivity contribution in [3.8, 4) is 0 Å². The highest BCUT2D eigenvalue weighted by Gasteiger charge is 2.56. The van der Waals surface area contributed by atoms with Gasteiger partial charge in [-0.3, -0.25) is 4.90 Å². The summed E-state index contributed by atoms with van der Waals surface area (Å²) in [5.74, 6) is -0.608. The molecule has 0 amide bonds. The minimum absolute atomic E-state index is 0.0776. The van der Waals surface area contributed by atoms with Gasteiger partial charge in [-0.05, 0) is 136 Å². The van der Waals surface area contributed by atoms with Gasteiger partial charge in [-0.15, -0.1) is 0 Å². The first-order valence-corrected chi connectivity index (χ1v) is 24.5. The molecule has 6 fully saturated rings. The van der Waals surface area contributed by atoms with Crippen LogP contribution in [0.5, 0.6) is 0 Å². The van der Waals surface area contributed by atoms with E-state index < -0.39 is 23.5 Å². The van der Waals surface area contributed by atoms with Crippen molar-refractivity contribution in [2.24, 2.45) is 5.92 Å². The van der Waals surface area contributed by atoms with Gasteiger partial charge in [-0.25, -0.2) is 18.7 Å². The van der Waals surface area contributed by atoms with Crippen LogP contribution in [0, 0.1) is 43.3 Å². The zero-order valence-corrected chi connectivity index (χ0v) is 40.1. The van der Waals surface area contributed by atoms with Crippen LogP contribution in [0.4, 0.5) is 40.6 Å². The highest BCUT2D eigenvalue weighted by molar-refractivity contribution is 8.00. The predicted molar refractivity (Wildman–Crippen MR) is 253 cm³/mol. The van der Waals surface area contributed by atoms with E-state index in [-0.39, 0.29) is 27.4 Å². The van der Waals surface area contributed by atoms with Crippen LogP contribution in [-0.4, -0.2) is 111 Å². The Morgan fingerprint density at radius 3 is 1.85 bits per heavy atom. The van der Waals surface area contributed by atoms with Crippen LogP contribution < -0.4 is 24.6 Å². The van der Waals surface area contributed by atoms with Crippen molar-refractivity contribution < 1.29 is 31.8 Å². The average Bonchev–Trinajstić information content (AvgIpc) is 4.11. The van der Waals surface area contributed by atoms with Crippen molar-refractivity contribution in [2.45, 2.75) is 86.0 Å². The van der Waals surface area contributed by atoms with Crippen molar-refractivity contribution in [3.63, 3.8) is 0 Å². The summed E-state index contributed by atoms with van der Waals surface area (Å²) < 4.78 is 79.9. The van der Waals surface area contributed by atoms with E-state index in [1.54, 1.807) is 25.3 Å². The van der Waals surface area contributed by atoms with E-state index in [9.17, 15) is 13.2 Å². The lowest BCUT2D eigenvalue weighted by atomic mass is 9.84. The predicted octanol–water partition coefficient (Wildman–Crippen LogP) is 9.94. The molecule has 0 radical (unpaired) electrons. The molecule has 0 saturated carbocycles. The highest BCUT2D eigenvalue weighted by atomic mass is 35.5. The molecule has 2 aromatic heterocycles. The van der Waals surface area contributed by atoms with Gasteiger partial charge in [0.05, 0.1) is 40.4 Å². The molecule has 8 heterocycles. The molecule has 3 N–H and O–H groups in total. The normalized spacial score (nSPS) is 22.9. The number of anilines is 4. The number of aromatic nitrogens is 2. The molecule has 3 atom stereocenters. The molecule has 2 aromatic carbocycles. The minimum atomic E-state index is -0.600. The number of aryl methyl sites for hydroxylation is 2. The van der Waals surface area contributed by atoms with Gasteiger partial charge in [0.25, 0.3) is 0 Å². The number of pyridine rings is 2. The number of hydrogen-bond acceptors (Lipinski definition) is 13. The maximum absolute atomic E-state index is 15.2. The number of hydrogen-bond donors (Lipinski definition) is 3. The minimum Gasteiger partial charge on any atom is -0.380 e. The van der Waals surface area contributed by atoms with Crippen molar-refractivity contribution in [3.05, 3.63) is 93.2 Å². The second-order valence-electron chi connectivity index (χ2n) is 17.7. The molecule has 6 aliphatic heterocycles. The molecule has 4 aromatic rings. The maximum atomic E-state index is 15.2. The van der Waals surface area contributed by atoms with E-state index >= 15 is 4.39 Å². The molecular formula is C46H56Cl2F4N8O3S2. The van der Waals surface area contributed by atoms with Crippen LogP contribution in [0.3, 0.4) is 0 Å². The fraction of sp³-hybridized carbons (Fsp3) is 0.522. The van der Waals surface area contributed by atoms with Crippen molar-refractivity contribution in [1.29, 1.82) is 0 Å². The van der Waals surface area contributed by atoms with E-state index in [0.717, 1.165) is 106 Å². The van der Waals surface area contributed by atoms with Gasteiger partial charge in [-0.1, -0.05) is 42.3 Å². The first-order chi connectivity index (χ1) is 31.3. The van der Waals surface area contributed by atoms with Gasteiger partial charge in [-0.2, -0.15) is 8.78 Å². The molecule has 0 aliphatic carbocycles. The third-order valence-corrected chi connectivity index (χ3v) is 15.7. The number of halogens is 6. The van der Waals surface area contributed by atoms with Gasteiger partial charge in [0.1, 0.15) is 32.9 Å². The Morgan fingerprint density at radius 1 is 0.800 bits per heavy atom. The Hall–Kier alpha value is -3.26. The fourth-order valence-corrected chi connectivity index (χ4v) is 11.6. The van der Waals surface area contributed by atoms with E-state index in [4.69, 9.17) is 37.4 Å². The van der Waals surface area contributed by atoms with Crippen molar-refractivity contribution in [1.82, 2.24) is 20.2 Å². The van der Waals surface area contributed by atoms with Crippen molar-refractivity contribution >= 4 is 70.1 Å². The number of nitrogens with zero attached hydrogens (tertiary/aromatic N) is 5. The van der Waals surface area contributed by atoms with Crippen LogP contribution in [0.2, 0.25) is 10.0 Å². The summed E-state index contributed by atoms with van der Waals surface area (Å²) in [4.78, 5) is 14.8. The van der Waals surface area contributed by atoms with E-state index in [2.05, 4.69) is 46.4 Å². The number of likely N-dealkylation sites (tertiary alicyclic amines) is 1. The summed E-state index contributed by atoms with van der Waals surface area (Å²) in [5.41, 5.74) is 2.55. The third-order valence-electron chi connectivity index (χ3n) is 13.0. The van der Waals surface area contributed by atoms with Crippen LogP contribution in [0.1, 0.15) is 50.2 Å². The molecule has 65 heavy (non-hydrogen) atoms. The van der Waals surface area contributed by atoms with Gasteiger partial charge < -0.3 is 38.8 Å². The first-order valence-electron chi connectivity index (χ1n) is 22.1. The Morgan fingerprint density at radius 2 is 1.38 bits per heavy atom.